The normalized spacial score (nSPS) is 16.6. The van der Waals surface area contributed by atoms with Crippen LogP contribution in [-0.2, 0) is 14.8 Å². The van der Waals surface area contributed by atoms with Crippen molar-refractivity contribution in [2.45, 2.75) is 52.4 Å². The number of piperidine rings is 1. The maximum Gasteiger partial charge on any atom is 0.248 e. The Balaban J connectivity index is 1.57. The fraction of sp³-hybridized carbons (Fsp3) is 0.379. The van der Waals surface area contributed by atoms with Crippen molar-refractivity contribution in [1.29, 1.82) is 0 Å². The lowest BCUT2D eigenvalue weighted by molar-refractivity contribution is -0.120. The van der Waals surface area contributed by atoms with Crippen LogP contribution >= 0.6 is 0 Å². The van der Waals surface area contributed by atoms with Gasteiger partial charge in [-0.1, -0.05) is 35.0 Å². The van der Waals surface area contributed by atoms with Gasteiger partial charge in [-0.05, 0) is 87.9 Å². The number of aromatic nitrogens is 1. The van der Waals surface area contributed by atoms with Crippen molar-refractivity contribution in [3.05, 3.63) is 69.6 Å². The van der Waals surface area contributed by atoms with Gasteiger partial charge in [0.25, 0.3) is 0 Å². The number of amides is 1. The molecule has 2 aromatic carbocycles. The van der Waals surface area contributed by atoms with Gasteiger partial charge in [0, 0.05) is 13.1 Å². The number of hydrogen-bond donors (Lipinski definition) is 1. The molecule has 202 valence electrons. The summed E-state index contributed by atoms with van der Waals surface area (Å²) in [6, 6.07) is 9.71. The molecule has 38 heavy (non-hydrogen) atoms. The summed E-state index contributed by atoms with van der Waals surface area (Å²) in [5.41, 5.74) is 6.20. The predicted molar refractivity (Wildman–Crippen MR) is 149 cm³/mol. The number of methoxy groups -OCH3 is 1. The van der Waals surface area contributed by atoms with E-state index in [1.807, 2.05) is 45.9 Å². The van der Waals surface area contributed by atoms with Crippen LogP contribution < -0.4 is 10.1 Å². The van der Waals surface area contributed by atoms with Crippen molar-refractivity contribution in [3.63, 3.8) is 0 Å². The summed E-state index contributed by atoms with van der Waals surface area (Å²) in [4.78, 5) is 13.2. The number of anilines is 1. The Morgan fingerprint density at radius 3 is 2.47 bits per heavy atom. The molecule has 8 nitrogen and oxygen atoms in total. The third-order valence-electron chi connectivity index (χ3n) is 6.94. The summed E-state index contributed by atoms with van der Waals surface area (Å²) < 4.78 is 39.8. The molecule has 0 aliphatic carbocycles. The van der Waals surface area contributed by atoms with Crippen LogP contribution in [0.5, 0.6) is 5.75 Å². The number of nitrogens with one attached hydrogen (secondary N) is 1. The highest BCUT2D eigenvalue weighted by molar-refractivity contribution is 7.89. The maximum absolute atomic E-state index is 13.8. The summed E-state index contributed by atoms with van der Waals surface area (Å²) in [5, 5.41) is 6.89. The fourth-order valence-electron chi connectivity index (χ4n) is 5.07. The van der Waals surface area contributed by atoms with E-state index in [0.717, 1.165) is 22.3 Å². The number of aryl methyl sites for hydroxylation is 5. The van der Waals surface area contributed by atoms with E-state index < -0.39 is 15.9 Å². The van der Waals surface area contributed by atoms with Gasteiger partial charge in [0.2, 0.25) is 15.9 Å². The van der Waals surface area contributed by atoms with Gasteiger partial charge in [0.1, 0.15) is 11.4 Å². The zero-order chi connectivity index (χ0) is 27.6. The highest BCUT2D eigenvalue weighted by atomic mass is 32.2. The third-order valence-corrected chi connectivity index (χ3v) is 8.96. The highest BCUT2D eigenvalue weighted by Gasteiger charge is 2.37. The number of rotatable bonds is 7. The number of carbonyl (C=O) groups is 1. The smallest absolute Gasteiger partial charge is 0.248 e. The maximum atomic E-state index is 13.8. The number of carbonyl (C=O) groups excluding carboxylic acids is 1. The SMILES string of the molecule is COc1ccc(C)cc1NC(=O)[C@@H]1CCCN(S(=O)(=O)c2c(C)noc2/C=C/c2c(C)cc(C)cc2C)C1. The second kappa shape index (κ2) is 11.1. The standard InChI is InChI=1S/C29H35N3O5S/c1-18-9-11-26(36-6)25(16-18)30-29(33)23-8-7-13-32(17-23)38(34,35)28-22(5)31-37-27(28)12-10-24-20(3)14-19(2)15-21(24)4/h9-12,14-16,23H,7-8,13,17H2,1-6H3,(H,30,33)/b12-10+/t23-/m1/s1. The molecule has 1 fully saturated rings. The molecule has 4 rings (SSSR count). The highest BCUT2D eigenvalue weighted by Crippen LogP contribution is 2.31. The Morgan fingerprint density at radius 1 is 1.08 bits per heavy atom. The Labute approximate surface area is 224 Å². The van der Waals surface area contributed by atoms with E-state index in [2.05, 4.69) is 22.6 Å². The van der Waals surface area contributed by atoms with Crippen molar-refractivity contribution >= 4 is 33.8 Å². The molecule has 0 unspecified atom stereocenters. The molecule has 3 aromatic rings. The van der Waals surface area contributed by atoms with E-state index in [1.54, 1.807) is 26.2 Å². The molecule has 0 saturated carbocycles. The van der Waals surface area contributed by atoms with Crippen molar-refractivity contribution < 1.29 is 22.5 Å². The molecule has 1 aliphatic heterocycles. The van der Waals surface area contributed by atoms with E-state index in [0.29, 0.717) is 30.8 Å². The Morgan fingerprint density at radius 2 is 1.79 bits per heavy atom. The minimum atomic E-state index is -3.95. The molecule has 1 aromatic heterocycles. The zero-order valence-corrected chi connectivity index (χ0v) is 23.6. The van der Waals surface area contributed by atoms with Gasteiger partial charge in [-0.25, -0.2) is 8.42 Å². The van der Waals surface area contributed by atoms with Crippen LogP contribution in [0, 0.1) is 40.5 Å². The zero-order valence-electron chi connectivity index (χ0n) is 22.8. The first-order chi connectivity index (χ1) is 18.0. The molecule has 9 heteroatoms. The molecule has 1 aliphatic rings. The molecule has 1 N–H and O–H groups in total. The number of sulfonamides is 1. The monoisotopic (exact) mass is 537 g/mol. The number of nitrogens with zero attached hydrogens (tertiary/aromatic N) is 2. The van der Waals surface area contributed by atoms with Gasteiger partial charge in [-0.2, -0.15) is 4.31 Å². The minimum Gasteiger partial charge on any atom is -0.495 e. The fourth-order valence-corrected chi connectivity index (χ4v) is 6.84. The Kier molecular flexibility index (Phi) is 8.08. The summed E-state index contributed by atoms with van der Waals surface area (Å²) >= 11 is 0. The van der Waals surface area contributed by atoms with Crippen molar-refractivity contribution in [1.82, 2.24) is 9.46 Å². The summed E-state index contributed by atoms with van der Waals surface area (Å²) in [7, 11) is -2.40. The van der Waals surface area contributed by atoms with Gasteiger partial charge in [0.05, 0.1) is 18.7 Å². The lowest BCUT2D eigenvalue weighted by atomic mass is 9.98. The summed E-state index contributed by atoms with van der Waals surface area (Å²) in [6.45, 7) is 10.0. The molecule has 0 radical (unpaired) electrons. The molecule has 1 saturated heterocycles. The van der Waals surface area contributed by atoms with E-state index in [4.69, 9.17) is 9.26 Å². The Bertz CT molecular complexity index is 1470. The molecular weight excluding hydrogens is 502 g/mol. The van der Waals surface area contributed by atoms with Gasteiger partial charge < -0.3 is 14.6 Å². The first-order valence-corrected chi connectivity index (χ1v) is 14.1. The third kappa shape index (κ3) is 5.68. The second-order valence-corrected chi connectivity index (χ2v) is 11.9. The van der Waals surface area contributed by atoms with Gasteiger partial charge >= 0.3 is 0 Å². The van der Waals surface area contributed by atoms with Crippen LogP contribution in [0.4, 0.5) is 5.69 Å². The summed E-state index contributed by atoms with van der Waals surface area (Å²) in [6.07, 6.45) is 4.69. The van der Waals surface area contributed by atoms with Crippen LogP contribution in [-0.4, -0.2) is 44.0 Å². The molecular formula is C29H35N3O5S. The number of ether oxygens (including phenoxy) is 1. The average Bonchev–Trinajstić information content (AvgIpc) is 3.24. The van der Waals surface area contributed by atoms with E-state index in [1.165, 1.54) is 9.87 Å². The predicted octanol–water partition coefficient (Wildman–Crippen LogP) is 5.44. The molecule has 1 atom stereocenters. The van der Waals surface area contributed by atoms with Crippen molar-refractivity contribution in [2.75, 3.05) is 25.5 Å². The van der Waals surface area contributed by atoms with Crippen molar-refractivity contribution in [3.8, 4) is 5.75 Å². The van der Waals surface area contributed by atoms with Crippen LogP contribution in [0.25, 0.3) is 12.2 Å². The minimum absolute atomic E-state index is 0.0394. The van der Waals surface area contributed by atoms with E-state index >= 15 is 0 Å². The first kappa shape index (κ1) is 27.6. The van der Waals surface area contributed by atoms with E-state index in [-0.39, 0.29) is 28.8 Å². The molecule has 2 heterocycles. The molecule has 1 amide bonds. The average molecular weight is 538 g/mol. The van der Waals surface area contributed by atoms with Crippen LogP contribution in [0.1, 0.15) is 52.1 Å². The van der Waals surface area contributed by atoms with Crippen LogP contribution in [0.2, 0.25) is 0 Å². The second-order valence-electron chi connectivity index (χ2n) is 10.0. The number of benzene rings is 2. The van der Waals surface area contributed by atoms with Gasteiger partial charge in [0.15, 0.2) is 10.7 Å². The topological polar surface area (TPSA) is 102 Å². The van der Waals surface area contributed by atoms with Crippen LogP contribution in [0.15, 0.2) is 39.8 Å². The first-order valence-electron chi connectivity index (χ1n) is 12.7. The van der Waals surface area contributed by atoms with Gasteiger partial charge in [-0.3, -0.25) is 4.79 Å². The van der Waals surface area contributed by atoms with Gasteiger partial charge in [-0.15, -0.1) is 0 Å². The molecule has 0 bridgehead atoms. The summed E-state index contributed by atoms with van der Waals surface area (Å²) in [5.74, 6) is -0.000185. The molecule has 0 spiro atoms. The lowest BCUT2D eigenvalue weighted by Gasteiger charge is -2.31. The Hall–Kier alpha value is -3.43. The van der Waals surface area contributed by atoms with E-state index in [9.17, 15) is 13.2 Å². The largest absolute Gasteiger partial charge is 0.495 e. The van der Waals surface area contributed by atoms with Crippen LogP contribution in [0.3, 0.4) is 0 Å². The van der Waals surface area contributed by atoms with Crippen molar-refractivity contribution in [2.24, 2.45) is 5.92 Å². The lowest BCUT2D eigenvalue weighted by Crippen LogP contribution is -2.44. The number of hydrogen-bond acceptors (Lipinski definition) is 6. The quantitative estimate of drug-likeness (QED) is 0.431.